The number of benzene rings is 3. The molecule has 0 saturated carbocycles. The van der Waals surface area contributed by atoms with Crippen molar-refractivity contribution in [3.63, 3.8) is 0 Å². The number of nitrogens with zero attached hydrogens (tertiary/aromatic N) is 2. The van der Waals surface area contributed by atoms with Crippen LogP contribution in [-0.4, -0.2) is 41.0 Å². The SMILES string of the molecule is COc1ccc(-c2csc(C3=C(O)CN(CCC(c4ccccc4)c4ccccc4)C3=N)n2)cc1. The Bertz CT molecular complexity index is 1290. The summed E-state index contributed by atoms with van der Waals surface area (Å²) in [4.78, 5) is 6.68. The zero-order chi connectivity index (χ0) is 24.2. The monoisotopic (exact) mass is 481 g/mol. The molecule has 0 spiro atoms. The van der Waals surface area contributed by atoms with Crippen molar-refractivity contribution in [3.05, 3.63) is 112 Å². The maximum atomic E-state index is 10.8. The van der Waals surface area contributed by atoms with Gasteiger partial charge in [0.2, 0.25) is 0 Å². The summed E-state index contributed by atoms with van der Waals surface area (Å²) in [5.41, 5.74) is 4.85. The van der Waals surface area contributed by atoms with Gasteiger partial charge in [-0.05, 0) is 41.8 Å². The lowest BCUT2D eigenvalue weighted by Gasteiger charge is -2.23. The number of amidine groups is 1. The van der Waals surface area contributed by atoms with Crippen molar-refractivity contribution in [1.29, 1.82) is 5.41 Å². The van der Waals surface area contributed by atoms with Gasteiger partial charge in [-0.1, -0.05) is 60.7 Å². The molecule has 3 aromatic carbocycles. The summed E-state index contributed by atoms with van der Waals surface area (Å²) in [6, 6.07) is 28.7. The van der Waals surface area contributed by atoms with Gasteiger partial charge in [-0.2, -0.15) is 0 Å². The lowest BCUT2D eigenvalue weighted by Crippen LogP contribution is -2.29. The maximum Gasteiger partial charge on any atom is 0.135 e. The number of methoxy groups -OCH3 is 1. The van der Waals surface area contributed by atoms with Crippen molar-refractivity contribution >= 4 is 22.7 Å². The molecule has 4 aromatic rings. The third-order valence-corrected chi connectivity index (χ3v) is 7.24. The van der Waals surface area contributed by atoms with Gasteiger partial charge in [0.1, 0.15) is 22.4 Å². The van der Waals surface area contributed by atoms with E-state index in [9.17, 15) is 5.11 Å². The van der Waals surface area contributed by atoms with Crippen LogP contribution in [0.4, 0.5) is 0 Å². The number of ether oxygens (including phenoxy) is 1. The Kier molecular flexibility index (Phi) is 6.64. The number of rotatable bonds is 8. The van der Waals surface area contributed by atoms with Crippen LogP contribution in [-0.2, 0) is 0 Å². The van der Waals surface area contributed by atoms with Gasteiger partial charge in [0.15, 0.2) is 0 Å². The Labute approximate surface area is 209 Å². The van der Waals surface area contributed by atoms with Gasteiger partial charge in [-0.15, -0.1) is 11.3 Å². The third-order valence-electron chi connectivity index (χ3n) is 6.38. The van der Waals surface area contributed by atoms with Gasteiger partial charge in [0, 0.05) is 23.4 Å². The molecule has 176 valence electrons. The molecule has 0 amide bonds. The largest absolute Gasteiger partial charge is 0.510 e. The van der Waals surface area contributed by atoms with Gasteiger partial charge < -0.3 is 14.7 Å². The second-order valence-electron chi connectivity index (χ2n) is 8.52. The number of hydrogen-bond donors (Lipinski definition) is 2. The van der Waals surface area contributed by atoms with Crippen LogP contribution in [0.2, 0.25) is 0 Å². The highest BCUT2D eigenvalue weighted by molar-refractivity contribution is 7.11. The molecule has 0 aliphatic carbocycles. The molecule has 5 rings (SSSR count). The van der Waals surface area contributed by atoms with E-state index >= 15 is 0 Å². The first-order chi connectivity index (χ1) is 17.1. The van der Waals surface area contributed by atoms with Gasteiger partial charge in [-0.3, -0.25) is 5.41 Å². The fourth-order valence-corrected chi connectivity index (χ4v) is 5.41. The van der Waals surface area contributed by atoms with Crippen LogP contribution < -0.4 is 4.74 Å². The molecule has 5 nitrogen and oxygen atoms in total. The van der Waals surface area contributed by atoms with E-state index in [4.69, 9.17) is 15.1 Å². The lowest BCUT2D eigenvalue weighted by molar-refractivity contribution is 0.344. The zero-order valence-electron chi connectivity index (χ0n) is 19.5. The smallest absolute Gasteiger partial charge is 0.135 e. The van der Waals surface area contributed by atoms with Gasteiger partial charge >= 0.3 is 0 Å². The molecule has 1 aromatic heterocycles. The van der Waals surface area contributed by atoms with Crippen molar-refractivity contribution in [2.75, 3.05) is 20.2 Å². The summed E-state index contributed by atoms with van der Waals surface area (Å²) < 4.78 is 5.24. The summed E-state index contributed by atoms with van der Waals surface area (Å²) in [5, 5.41) is 22.2. The highest BCUT2D eigenvalue weighted by atomic mass is 32.1. The molecule has 0 atom stereocenters. The van der Waals surface area contributed by atoms with Crippen molar-refractivity contribution in [3.8, 4) is 17.0 Å². The number of hydrogen-bond acceptors (Lipinski definition) is 5. The average molecular weight is 482 g/mol. The normalized spacial score (nSPS) is 13.7. The fourth-order valence-electron chi connectivity index (χ4n) is 4.51. The molecule has 0 saturated heterocycles. The van der Waals surface area contributed by atoms with Crippen LogP contribution >= 0.6 is 11.3 Å². The molecule has 2 N–H and O–H groups in total. The zero-order valence-corrected chi connectivity index (χ0v) is 20.3. The number of aromatic nitrogens is 1. The maximum absolute atomic E-state index is 10.8. The van der Waals surface area contributed by atoms with E-state index in [1.165, 1.54) is 22.5 Å². The third kappa shape index (κ3) is 4.84. The molecule has 0 bridgehead atoms. The minimum Gasteiger partial charge on any atom is -0.510 e. The first-order valence-electron chi connectivity index (χ1n) is 11.6. The molecule has 35 heavy (non-hydrogen) atoms. The predicted molar refractivity (Wildman–Crippen MR) is 142 cm³/mol. The highest BCUT2D eigenvalue weighted by Crippen LogP contribution is 2.34. The first kappa shape index (κ1) is 22.9. The Balaban J connectivity index is 1.31. The van der Waals surface area contributed by atoms with Gasteiger partial charge in [-0.25, -0.2) is 4.98 Å². The van der Waals surface area contributed by atoms with Crippen molar-refractivity contribution in [1.82, 2.24) is 9.88 Å². The van der Waals surface area contributed by atoms with Gasteiger partial charge in [0.25, 0.3) is 0 Å². The molecular formula is C29H27N3O2S. The second-order valence-corrected chi connectivity index (χ2v) is 9.38. The van der Waals surface area contributed by atoms with E-state index in [1.54, 1.807) is 7.11 Å². The van der Waals surface area contributed by atoms with Crippen LogP contribution in [0.15, 0.2) is 96.1 Å². The Morgan fingerprint density at radius 3 is 2.20 bits per heavy atom. The van der Waals surface area contributed by atoms with E-state index in [0.29, 0.717) is 29.5 Å². The summed E-state index contributed by atoms with van der Waals surface area (Å²) in [6.45, 7) is 0.999. The molecule has 0 unspecified atom stereocenters. The first-order valence-corrected chi connectivity index (χ1v) is 12.5. The highest BCUT2D eigenvalue weighted by Gasteiger charge is 2.31. The van der Waals surface area contributed by atoms with E-state index in [1.807, 2.05) is 46.7 Å². The molecule has 1 aliphatic heterocycles. The van der Waals surface area contributed by atoms with E-state index < -0.39 is 0 Å². The average Bonchev–Trinajstić information content (AvgIpc) is 3.49. The van der Waals surface area contributed by atoms with E-state index in [-0.39, 0.29) is 11.7 Å². The second kappa shape index (κ2) is 10.2. The Hall–Kier alpha value is -3.90. The van der Waals surface area contributed by atoms with Crippen LogP contribution in [0.3, 0.4) is 0 Å². The van der Waals surface area contributed by atoms with E-state index in [2.05, 4.69) is 48.5 Å². The van der Waals surface area contributed by atoms with Crippen molar-refractivity contribution in [2.45, 2.75) is 12.3 Å². The van der Waals surface area contributed by atoms with Crippen LogP contribution in [0.25, 0.3) is 16.8 Å². The molecule has 2 heterocycles. The van der Waals surface area contributed by atoms with Crippen LogP contribution in [0.5, 0.6) is 5.75 Å². The van der Waals surface area contributed by atoms with Crippen molar-refractivity contribution in [2.24, 2.45) is 0 Å². The number of aliphatic hydroxyl groups excluding tert-OH is 1. The minimum absolute atomic E-state index is 0.210. The van der Waals surface area contributed by atoms with Crippen LogP contribution in [0.1, 0.15) is 28.5 Å². The molecule has 0 radical (unpaired) electrons. The quantitative estimate of drug-likeness (QED) is 0.297. The minimum atomic E-state index is 0.210. The summed E-state index contributed by atoms with van der Waals surface area (Å²) in [5.74, 6) is 1.56. The van der Waals surface area contributed by atoms with E-state index in [0.717, 1.165) is 23.4 Å². The Morgan fingerprint density at radius 2 is 1.60 bits per heavy atom. The molecular weight excluding hydrogens is 454 g/mol. The molecule has 1 aliphatic rings. The lowest BCUT2D eigenvalue weighted by atomic mass is 9.88. The number of aliphatic hydroxyl groups is 1. The summed E-state index contributed by atoms with van der Waals surface area (Å²) >= 11 is 1.45. The van der Waals surface area contributed by atoms with Crippen LogP contribution in [0, 0.1) is 5.41 Å². The van der Waals surface area contributed by atoms with Crippen molar-refractivity contribution < 1.29 is 9.84 Å². The van der Waals surface area contributed by atoms with Gasteiger partial charge in [0.05, 0.1) is 24.9 Å². The number of thiazole rings is 1. The molecule has 0 fully saturated rings. The topological polar surface area (TPSA) is 69.4 Å². The predicted octanol–water partition coefficient (Wildman–Crippen LogP) is 6.60. The number of nitrogens with one attached hydrogen (secondary N) is 1. The molecule has 6 heteroatoms. The standard InChI is InChI=1S/C29H27N3O2S/c1-34-23-14-12-22(13-15-23)25-19-35-29(31-25)27-26(33)18-32(28(27)30)17-16-24(20-8-4-2-5-9-20)21-10-6-3-7-11-21/h2-15,19,24,30,33H,16-18H2,1H3. The summed E-state index contributed by atoms with van der Waals surface area (Å²) in [6.07, 6.45) is 0.839. The summed E-state index contributed by atoms with van der Waals surface area (Å²) in [7, 11) is 1.64. The fraction of sp³-hybridized carbons (Fsp3) is 0.172. The Morgan fingerprint density at radius 1 is 0.971 bits per heavy atom.